The molecular formula is C20H27N3O5. The Morgan fingerprint density at radius 2 is 1.93 bits per heavy atom. The van der Waals surface area contributed by atoms with Crippen LogP contribution in [0.1, 0.15) is 32.0 Å². The molecule has 0 unspecified atom stereocenters. The molecule has 2 rings (SSSR count). The summed E-state index contributed by atoms with van der Waals surface area (Å²) in [7, 11) is 1.27. The van der Waals surface area contributed by atoms with Crippen molar-refractivity contribution in [1.82, 2.24) is 14.9 Å². The fourth-order valence-corrected chi connectivity index (χ4v) is 2.42. The van der Waals surface area contributed by atoms with Crippen molar-refractivity contribution < 1.29 is 23.8 Å². The number of imidazole rings is 1. The zero-order chi connectivity index (χ0) is 20.6. The summed E-state index contributed by atoms with van der Waals surface area (Å²) in [4.78, 5) is 28.2. The standard InChI is InChI=1S/C20H27N3O5/c1-20(2,3)28-19(25)22-17(18(24)26-4)10-16-11-23(13-21-16)14-27-12-15-8-6-5-7-9-15/h5-9,11,13,17H,10,12,14H2,1-4H3,(H,22,25)/t17-/m0/s1. The number of ether oxygens (including phenoxy) is 3. The minimum Gasteiger partial charge on any atom is -0.467 e. The number of carbonyl (C=O) groups is 2. The normalized spacial score (nSPS) is 12.3. The first kappa shape index (κ1) is 21.4. The minimum absolute atomic E-state index is 0.178. The third-order valence-electron chi connectivity index (χ3n) is 3.63. The third-order valence-corrected chi connectivity index (χ3v) is 3.63. The summed E-state index contributed by atoms with van der Waals surface area (Å²) in [6.07, 6.45) is 2.87. The molecule has 28 heavy (non-hydrogen) atoms. The Morgan fingerprint density at radius 1 is 1.21 bits per heavy atom. The predicted molar refractivity (Wildman–Crippen MR) is 102 cm³/mol. The van der Waals surface area contributed by atoms with E-state index in [0.29, 0.717) is 19.0 Å². The highest BCUT2D eigenvalue weighted by Gasteiger charge is 2.26. The second kappa shape index (κ2) is 9.89. The van der Waals surface area contributed by atoms with Gasteiger partial charge in [-0.25, -0.2) is 14.6 Å². The molecule has 8 nitrogen and oxygen atoms in total. The molecule has 0 spiro atoms. The molecule has 0 bridgehead atoms. The average molecular weight is 389 g/mol. The zero-order valence-corrected chi connectivity index (χ0v) is 16.7. The number of benzene rings is 1. The van der Waals surface area contributed by atoms with Gasteiger partial charge in [0.1, 0.15) is 18.4 Å². The highest BCUT2D eigenvalue weighted by atomic mass is 16.6. The van der Waals surface area contributed by atoms with Gasteiger partial charge in [-0.2, -0.15) is 0 Å². The van der Waals surface area contributed by atoms with Gasteiger partial charge in [0, 0.05) is 12.6 Å². The number of carbonyl (C=O) groups excluding carboxylic acids is 2. The Bertz CT molecular complexity index is 768. The fourth-order valence-electron chi connectivity index (χ4n) is 2.42. The minimum atomic E-state index is -0.895. The second-order valence-corrected chi connectivity index (χ2v) is 7.27. The molecule has 0 saturated heterocycles. The van der Waals surface area contributed by atoms with Crippen LogP contribution in [0.5, 0.6) is 0 Å². The van der Waals surface area contributed by atoms with Crippen molar-refractivity contribution in [1.29, 1.82) is 0 Å². The summed E-state index contributed by atoms with van der Waals surface area (Å²) < 4.78 is 17.4. The monoisotopic (exact) mass is 389 g/mol. The first-order valence-corrected chi connectivity index (χ1v) is 8.96. The fraction of sp³-hybridized carbons (Fsp3) is 0.450. The summed E-state index contributed by atoms with van der Waals surface area (Å²) in [6.45, 7) is 6.05. The highest BCUT2D eigenvalue weighted by Crippen LogP contribution is 2.09. The van der Waals surface area contributed by atoms with Crippen molar-refractivity contribution in [3.63, 3.8) is 0 Å². The Labute approximate surface area is 164 Å². The lowest BCUT2D eigenvalue weighted by Gasteiger charge is -2.22. The summed E-state index contributed by atoms with van der Waals surface area (Å²) in [6, 6.07) is 8.95. The van der Waals surface area contributed by atoms with Gasteiger partial charge in [-0.15, -0.1) is 0 Å². The number of aromatic nitrogens is 2. The van der Waals surface area contributed by atoms with Gasteiger partial charge in [-0.3, -0.25) is 0 Å². The number of rotatable bonds is 8. The smallest absolute Gasteiger partial charge is 0.408 e. The van der Waals surface area contributed by atoms with Gasteiger partial charge in [0.25, 0.3) is 0 Å². The van der Waals surface area contributed by atoms with Crippen LogP contribution in [0.4, 0.5) is 4.79 Å². The zero-order valence-electron chi connectivity index (χ0n) is 16.7. The van der Waals surface area contributed by atoms with Gasteiger partial charge in [-0.05, 0) is 26.3 Å². The number of amides is 1. The van der Waals surface area contributed by atoms with E-state index in [1.807, 2.05) is 30.3 Å². The topological polar surface area (TPSA) is 91.7 Å². The summed E-state index contributed by atoms with van der Waals surface area (Å²) in [5.41, 5.74) is 1.03. The lowest BCUT2D eigenvalue weighted by Crippen LogP contribution is -2.45. The van der Waals surface area contributed by atoms with E-state index in [4.69, 9.17) is 14.2 Å². The van der Waals surface area contributed by atoms with Crippen molar-refractivity contribution in [2.24, 2.45) is 0 Å². The molecule has 1 aromatic heterocycles. The second-order valence-electron chi connectivity index (χ2n) is 7.27. The van der Waals surface area contributed by atoms with Gasteiger partial charge in [-0.1, -0.05) is 30.3 Å². The molecule has 0 aliphatic rings. The molecule has 2 aromatic rings. The molecule has 0 aliphatic carbocycles. The summed E-state index contributed by atoms with van der Waals surface area (Å²) in [5.74, 6) is -0.569. The average Bonchev–Trinajstić information content (AvgIpc) is 3.07. The van der Waals surface area contributed by atoms with E-state index >= 15 is 0 Å². The first-order chi connectivity index (χ1) is 13.3. The van der Waals surface area contributed by atoms with Crippen molar-refractivity contribution in [3.8, 4) is 0 Å². The van der Waals surface area contributed by atoms with Gasteiger partial charge < -0.3 is 24.1 Å². The van der Waals surface area contributed by atoms with Crippen LogP contribution in [0.2, 0.25) is 0 Å². The van der Waals surface area contributed by atoms with Crippen molar-refractivity contribution in [2.75, 3.05) is 7.11 Å². The summed E-state index contributed by atoms with van der Waals surface area (Å²) >= 11 is 0. The molecular weight excluding hydrogens is 362 g/mol. The Balaban J connectivity index is 1.90. The molecule has 1 heterocycles. The van der Waals surface area contributed by atoms with E-state index in [1.54, 1.807) is 37.9 Å². The number of nitrogens with one attached hydrogen (secondary N) is 1. The Hall–Kier alpha value is -2.87. The molecule has 0 fully saturated rings. The van der Waals surface area contributed by atoms with E-state index in [0.717, 1.165) is 5.56 Å². The van der Waals surface area contributed by atoms with Gasteiger partial charge in [0.05, 0.1) is 25.7 Å². The van der Waals surface area contributed by atoms with Crippen LogP contribution in [0.25, 0.3) is 0 Å². The molecule has 1 N–H and O–H groups in total. The predicted octanol–water partition coefficient (Wildman–Crippen LogP) is 2.67. The van der Waals surface area contributed by atoms with E-state index in [1.165, 1.54) is 7.11 Å². The number of esters is 1. The van der Waals surface area contributed by atoms with Crippen LogP contribution in [0, 0.1) is 0 Å². The summed E-state index contributed by atoms with van der Waals surface area (Å²) in [5, 5.41) is 2.53. The van der Waals surface area contributed by atoms with Gasteiger partial charge >= 0.3 is 12.1 Å². The number of nitrogens with zero attached hydrogens (tertiary/aromatic N) is 2. The van der Waals surface area contributed by atoms with Crippen LogP contribution >= 0.6 is 0 Å². The van der Waals surface area contributed by atoms with E-state index < -0.39 is 23.7 Å². The first-order valence-electron chi connectivity index (χ1n) is 8.96. The largest absolute Gasteiger partial charge is 0.467 e. The van der Waals surface area contributed by atoms with Crippen LogP contribution in [0.3, 0.4) is 0 Å². The lowest BCUT2D eigenvalue weighted by molar-refractivity contribution is -0.143. The SMILES string of the molecule is COC(=O)[C@H](Cc1cn(COCc2ccccc2)cn1)NC(=O)OC(C)(C)C. The molecule has 0 saturated carbocycles. The van der Waals surface area contributed by atoms with Crippen LogP contribution in [-0.2, 0) is 38.8 Å². The van der Waals surface area contributed by atoms with E-state index in [9.17, 15) is 9.59 Å². The molecule has 1 amide bonds. The molecule has 152 valence electrons. The molecule has 8 heteroatoms. The Morgan fingerprint density at radius 3 is 2.57 bits per heavy atom. The van der Waals surface area contributed by atoms with E-state index in [-0.39, 0.29) is 6.42 Å². The molecule has 0 aliphatic heterocycles. The maximum atomic E-state index is 12.0. The molecule has 1 atom stereocenters. The van der Waals surface area contributed by atoms with Crippen molar-refractivity contribution in [3.05, 3.63) is 54.1 Å². The maximum absolute atomic E-state index is 12.0. The van der Waals surface area contributed by atoms with Gasteiger partial charge in [0.15, 0.2) is 0 Å². The van der Waals surface area contributed by atoms with E-state index in [2.05, 4.69) is 10.3 Å². The number of alkyl carbamates (subject to hydrolysis) is 1. The third kappa shape index (κ3) is 7.40. The van der Waals surface area contributed by atoms with Crippen LogP contribution in [0.15, 0.2) is 42.9 Å². The Kier molecular flexibility index (Phi) is 7.57. The highest BCUT2D eigenvalue weighted by molar-refractivity contribution is 5.81. The van der Waals surface area contributed by atoms with Crippen LogP contribution in [-0.4, -0.2) is 40.4 Å². The van der Waals surface area contributed by atoms with Gasteiger partial charge in [0.2, 0.25) is 0 Å². The number of hydrogen-bond acceptors (Lipinski definition) is 6. The number of hydrogen-bond donors (Lipinski definition) is 1. The lowest BCUT2D eigenvalue weighted by atomic mass is 10.1. The molecule has 1 aromatic carbocycles. The number of methoxy groups -OCH3 is 1. The maximum Gasteiger partial charge on any atom is 0.408 e. The quantitative estimate of drug-likeness (QED) is 0.698. The molecule has 0 radical (unpaired) electrons. The van der Waals surface area contributed by atoms with Crippen molar-refractivity contribution in [2.45, 2.75) is 52.2 Å². The van der Waals surface area contributed by atoms with Crippen molar-refractivity contribution >= 4 is 12.1 Å². The van der Waals surface area contributed by atoms with Crippen LogP contribution < -0.4 is 5.32 Å².